The van der Waals surface area contributed by atoms with E-state index in [2.05, 4.69) is 19.2 Å². The molecule has 0 aromatic heterocycles. The van der Waals surface area contributed by atoms with Gasteiger partial charge in [-0.2, -0.15) is 0 Å². The quantitative estimate of drug-likeness (QED) is 0.674. The van der Waals surface area contributed by atoms with Crippen molar-refractivity contribution >= 4 is 5.91 Å². The van der Waals surface area contributed by atoms with Crippen LogP contribution in [0.3, 0.4) is 0 Å². The summed E-state index contributed by atoms with van der Waals surface area (Å²) in [4.78, 5) is 14.0. The summed E-state index contributed by atoms with van der Waals surface area (Å²) < 4.78 is 0. The van der Waals surface area contributed by atoms with Crippen molar-refractivity contribution < 1.29 is 4.79 Å². The summed E-state index contributed by atoms with van der Waals surface area (Å²) in [5.74, 6) is 0.622. The van der Waals surface area contributed by atoms with Crippen LogP contribution in [0.25, 0.3) is 0 Å². The maximum Gasteiger partial charge on any atom is 0.227 e. The first-order valence-electron chi connectivity index (χ1n) is 5.58. The van der Waals surface area contributed by atoms with Gasteiger partial charge in [-0.3, -0.25) is 4.79 Å². The molecule has 0 bridgehead atoms. The molecule has 0 unspecified atom stereocenters. The van der Waals surface area contributed by atoms with Gasteiger partial charge in [-0.25, -0.2) is 0 Å². The lowest BCUT2D eigenvalue weighted by atomic mass is 9.83. The molecule has 2 rings (SSSR count). The van der Waals surface area contributed by atoms with E-state index in [1.54, 1.807) is 0 Å². The van der Waals surface area contributed by atoms with E-state index >= 15 is 0 Å². The molecule has 80 valence electrons. The van der Waals surface area contributed by atoms with Crippen molar-refractivity contribution in [3.05, 3.63) is 0 Å². The van der Waals surface area contributed by atoms with Crippen molar-refractivity contribution in [2.75, 3.05) is 26.2 Å². The number of nitrogens with zero attached hydrogens (tertiary/aromatic N) is 1. The van der Waals surface area contributed by atoms with Crippen LogP contribution in [0.4, 0.5) is 0 Å². The Morgan fingerprint density at radius 3 is 2.64 bits per heavy atom. The van der Waals surface area contributed by atoms with Crippen LogP contribution in [0, 0.1) is 11.3 Å². The van der Waals surface area contributed by atoms with Gasteiger partial charge in [0.1, 0.15) is 0 Å². The Kier molecular flexibility index (Phi) is 2.52. The van der Waals surface area contributed by atoms with Crippen LogP contribution in [0.2, 0.25) is 0 Å². The fourth-order valence-electron chi connectivity index (χ4n) is 2.46. The third kappa shape index (κ3) is 1.92. The molecule has 2 fully saturated rings. The average Bonchev–Trinajstić information content (AvgIpc) is 2.14. The zero-order valence-corrected chi connectivity index (χ0v) is 9.18. The van der Waals surface area contributed by atoms with Crippen molar-refractivity contribution in [1.29, 1.82) is 0 Å². The van der Waals surface area contributed by atoms with Crippen molar-refractivity contribution in [3.63, 3.8) is 0 Å². The summed E-state index contributed by atoms with van der Waals surface area (Å²) in [6, 6.07) is 0. The molecule has 3 nitrogen and oxygen atoms in total. The maximum absolute atomic E-state index is 12.0. The van der Waals surface area contributed by atoms with Crippen LogP contribution < -0.4 is 5.32 Å². The Balaban J connectivity index is 1.84. The third-order valence-electron chi connectivity index (χ3n) is 3.20. The first-order valence-corrected chi connectivity index (χ1v) is 5.58. The Morgan fingerprint density at radius 1 is 1.43 bits per heavy atom. The van der Waals surface area contributed by atoms with Gasteiger partial charge < -0.3 is 10.2 Å². The molecule has 2 aliphatic rings. The van der Waals surface area contributed by atoms with E-state index in [9.17, 15) is 4.79 Å². The third-order valence-corrected chi connectivity index (χ3v) is 3.20. The Morgan fingerprint density at radius 2 is 2.14 bits per heavy atom. The Labute approximate surface area is 85.8 Å². The van der Waals surface area contributed by atoms with E-state index in [0.29, 0.717) is 11.3 Å². The van der Waals surface area contributed by atoms with Gasteiger partial charge in [-0.05, 0) is 24.8 Å². The molecule has 1 atom stereocenters. The molecule has 0 aliphatic carbocycles. The molecule has 2 saturated heterocycles. The highest BCUT2D eigenvalue weighted by Crippen LogP contribution is 2.30. The van der Waals surface area contributed by atoms with Crippen molar-refractivity contribution in [3.8, 4) is 0 Å². The summed E-state index contributed by atoms with van der Waals surface area (Å²) in [6.07, 6.45) is 2.22. The molecule has 0 radical (unpaired) electrons. The molecule has 0 aromatic carbocycles. The minimum atomic E-state index is 0.250. The van der Waals surface area contributed by atoms with E-state index < -0.39 is 0 Å². The number of likely N-dealkylation sites (tertiary alicyclic amines) is 1. The highest BCUT2D eigenvalue weighted by atomic mass is 16.2. The summed E-state index contributed by atoms with van der Waals surface area (Å²) in [7, 11) is 0. The van der Waals surface area contributed by atoms with Crippen LogP contribution in [0.1, 0.15) is 26.7 Å². The van der Waals surface area contributed by atoms with Crippen LogP contribution in [0.15, 0.2) is 0 Å². The Bertz CT molecular complexity index is 223. The first kappa shape index (κ1) is 9.97. The summed E-state index contributed by atoms with van der Waals surface area (Å²) in [5.41, 5.74) is 0.359. The van der Waals surface area contributed by atoms with Crippen molar-refractivity contribution in [2.24, 2.45) is 11.3 Å². The second-order valence-electron chi connectivity index (χ2n) is 5.40. The van der Waals surface area contributed by atoms with Gasteiger partial charge in [0.15, 0.2) is 0 Å². The predicted molar refractivity (Wildman–Crippen MR) is 56.0 cm³/mol. The molecule has 2 aliphatic heterocycles. The number of carbonyl (C=O) groups excluding carboxylic acids is 1. The lowest BCUT2D eigenvalue weighted by molar-refractivity contribution is -0.146. The number of hydrogen-bond donors (Lipinski definition) is 1. The van der Waals surface area contributed by atoms with Crippen LogP contribution in [-0.4, -0.2) is 37.0 Å². The van der Waals surface area contributed by atoms with Gasteiger partial charge in [-0.1, -0.05) is 13.8 Å². The molecule has 0 spiro atoms. The number of amides is 1. The molecule has 1 N–H and O–H groups in total. The van der Waals surface area contributed by atoms with Gasteiger partial charge in [0.05, 0.1) is 5.92 Å². The van der Waals surface area contributed by atoms with Crippen molar-refractivity contribution in [2.45, 2.75) is 26.7 Å². The Hall–Kier alpha value is -0.570. The summed E-state index contributed by atoms with van der Waals surface area (Å²) >= 11 is 0. The average molecular weight is 196 g/mol. The van der Waals surface area contributed by atoms with Gasteiger partial charge in [0, 0.05) is 19.6 Å². The minimum Gasteiger partial charge on any atom is -0.341 e. The fourth-order valence-corrected chi connectivity index (χ4v) is 2.46. The molecule has 2 heterocycles. The van der Waals surface area contributed by atoms with E-state index in [1.165, 1.54) is 0 Å². The first-order chi connectivity index (χ1) is 6.58. The fraction of sp³-hybridized carbons (Fsp3) is 0.909. The van der Waals surface area contributed by atoms with E-state index in [-0.39, 0.29) is 5.92 Å². The molecule has 0 saturated carbocycles. The van der Waals surface area contributed by atoms with Crippen LogP contribution in [-0.2, 0) is 4.79 Å². The minimum absolute atomic E-state index is 0.250. The summed E-state index contributed by atoms with van der Waals surface area (Å²) in [5, 5.41) is 3.29. The zero-order chi connectivity index (χ0) is 10.2. The van der Waals surface area contributed by atoms with Gasteiger partial charge in [0.25, 0.3) is 0 Å². The molecule has 1 amide bonds. The van der Waals surface area contributed by atoms with Gasteiger partial charge in [0.2, 0.25) is 5.91 Å². The molecular weight excluding hydrogens is 176 g/mol. The van der Waals surface area contributed by atoms with E-state index in [1.807, 2.05) is 4.90 Å². The number of hydrogen-bond acceptors (Lipinski definition) is 2. The standard InChI is InChI=1S/C11H20N2O/c1-11(2)7-13(8-11)10(14)9-4-3-5-12-6-9/h9,12H,3-8H2,1-2H3/t9-/m1/s1. The smallest absolute Gasteiger partial charge is 0.227 e. The molecule has 14 heavy (non-hydrogen) atoms. The predicted octanol–water partition coefficient (Wildman–Crippen LogP) is 0.854. The number of carbonyl (C=O) groups is 1. The number of nitrogens with one attached hydrogen (secondary N) is 1. The second-order valence-corrected chi connectivity index (χ2v) is 5.40. The molecular formula is C11H20N2O. The SMILES string of the molecule is CC1(C)CN(C(=O)[C@@H]2CCCNC2)C1. The highest BCUT2D eigenvalue weighted by Gasteiger charge is 2.39. The van der Waals surface area contributed by atoms with E-state index in [0.717, 1.165) is 39.0 Å². The maximum atomic E-state index is 12.0. The normalized spacial score (nSPS) is 31.0. The molecule has 3 heteroatoms. The second kappa shape index (κ2) is 3.54. The highest BCUT2D eigenvalue weighted by molar-refractivity contribution is 5.80. The van der Waals surface area contributed by atoms with Crippen LogP contribution in [0.5, 0.6) is 0 Å². The van der Waals surface area contributed by atoms with Crippen LogP contribution >= 0.6 is 0 Å². The zero-order valence-electron chi connectivity index (χ0n) is 9.18. The lowest BCUT2D eigenvalue weighted by Gasteiger charge is -2.47. The molecule has 0 aromatic rings. The van der Waals surface area contributed by atoms with E-state index in [4.69, 9.17) is 0 Å². The van der Waals surface area contributed by atoms with Crippen molar-refractivity contribution in [1.82, 2.24) is 10.2 Å². The largest absolute Gasteiger partial charge is 0.341 e. The van der Waals surface area contributed by atoms with Gasteiger partial charge >= 0.3 is 0 Å². The number of rotatable bonds is 1. The number of piperidine rings is 1. The topological polar surface area (TPSA) is 32.3 Å². The summed E-state index contributed by atoms with van der Waals surface area (Å²) in [6.45, 7) is 8.29. The lowest BCUT2D eigenvalue weighted by Crippen LogP contribution is -2.58. The monoisotopic (exact) mass is 196 g/mol. The van der Waals surface area contributed by atoms with Gasteiger partial charge in [-0.15, -0.1) is 0 Å².